The van der Waals surface area contributed by atoms with Crippen molar-refractivity contribution >= 4 is 11.9 Å². The van der Waals surface area contributed by atoms with Gasteiger partial charge in [0.15, 0.2) is 6.04 Å². The van der Waals surface area contributed by atoms with Crippen LogP contribution in [0.4, 0.5) is 0 Å². The van der Waals surface area contributed by atoms with Gasteiger partial charge in [0.2, 0.25) is 5.91 Å². The van der Waals surface area contributed by atoms with Crippen LogP contribution in [0.1, 0.15) is 31.9 Å². The molecule has 1 atom stereocenters. The number of aliphatic carboxylic acids is 1. The second kappa shape index (κ2) is 5.29. The Hall–Kier alpha value is -1.85. The molecule has 1 aromatic rings. The van der Waals surface area contributed by atoms with E-state index in [0.717, 1.165) is 13.0 Å². The molecule has 0 fully saturated rings. The number of aryl methyl sites for hydroxylation is 1. The van der Waals surface area contributed by atoms with Crippen LogP contribution in [0.5, 0.6) is 0 Å². The zero-order chi connectivity index (χ0) is 12.1. The molecular formula is C10H15N3O3. The van der Waals surface area contributed by atoms with E-state index in [9.17, 15) is 9.59 Å². The largest absolute Gasteiger partial charge is 0.479 e. The Morgan fingerprint density at radius 2 is 2.31 bits per heavy atom. The highest BCUT2D eigenvalue weighted by molar-refractivity contribution is 5.83. The second-order valence-corrected chi connectivity index (χ2v) is 3.51. The molecule has 1 unspecified atom stereocenters. The van der Waals surface area contributed by atoms with E-state index in [2.05, 4.69) is 10.4 Å². The highest BCUT2D eigenvalue weighted by Gasteiger charge is 2.22. The Morgan fingerprint density at radius 3 is 2.81 bits per heavy atom. The molecule has 88 valence electrons. The van der Waals surface area contributed by atoms with Crippen molar-refractivity contribution in [3.63, 3.8) is 0 Å². The van der Waals surface area contributed by atoms with Gasteiger partial charge >= 0.3 is 5.97 Å². The average Bonchev–Trinajstić information content (AvgIpc) is 2.62. The van der Waals surface area contributed by atoms with E-state index < -0.39 is 12.0 Å². The van der Waals surface area contributed by atoms with Gasteiger partial charge in [-0.15, -0.1) is 0 Å². The average molecular weight is 225 g/mol. The number of nitrogens with one attached hydrogen (secondary N) is 1. The van der Waals surface area contributed by atoms with E-state index in [0.29, 0.717) is 5.56 Å². The molecule has 0 aliphatic rings. The molecule has 0 radical (unpaired) electrons. The molecule has 1 aromatic heterocycles. The van der Waals surface area contributed by atoms with Crippen LogP contribution in [0, 0.1) is 0 Å². The fourth-order valence-corrected chi connectivity index (χ4v) is 1.37. The Balaban J connectivity index is 2.84. The molecule has 0 aliphatic heterocycles. The van der Waals surface area contributed by atoms with Gasteiger partial charge in [0, 0.05) is 25.2 Å². The molecule has 6 heteroatoms. The number of rotatable bonds is 5. The maximum Gasteiger partial charge on any atom is 0.331 e. The molecule has 0 bridgehead atoms. The molecular weight excluding hydrogens is 210 g/mol. The fraction of sp³-hybridized carbons (Fsp3) is 0.500. The lowest BCUT2D eigenvalue weighted by Crippen LogP contribution is -2.31. The van der Waals surface area contributed by atoms with Crippen LogP contribution < -0.4 is 5.32 Å². The predicted octanol–water partition coefficient (Wildman–Crippen LogP) is 0.555. The molecule has 1 amide bonds. The summed E-state index contributed by atoms with van der Waals surface area (Å²) in [6, 6.07) is -1.02. The molecule has 2 N–H and O–H groups in total. The van der Waals surface area contributed by atoms with Crippen molar-refractivity contribution < 1.29 is 14.7 Å². The summed E-state index contributed by atoms with van der Waals surface area (Å²) in [6.45, 7) is 4.02. The number of carboxylic acids is 1. The van der Waals surface area contributed by atoms with Gasteiger partial charge in [-0.25, -0.2) is 4.79 Å². The third-order valence-corrected chi connectivity index (χ3v) is 2.03. The summed E-state index contributed by atoms with van der Waals surface area (Å²) >= 11 is 0. The molecule has 1 rings (SSSR count). The lowest BCUT2D eigenvalue weighted by atomic mass is 10.1. The van der Waals surface area contributed by atoms with Crippen molar-refractivity contribution in [3.05, 3.63) is 18.0 Å². The lowest BCUT2D eigenvalue weighted by Gasteiger charge is -2.10. The van der Waals surface area contributed by atoms with Crippen LogP contribution in [-0.2, 0) is 16.1 Å². The number of amides is 1. The van der Waals surface area contributed by atoms with E-state index in [1.165, 1.54) is 13.1 Å². The molecule has 16 heavy (non-hydrogen) atoms. The van der Waals surface area contributed by atoms with Gasteiger partial charge in [0.1, 0.15) is 0 Å². The first-order chi connectivity index (χ1) is 7.54. The number of carbonyl (C=O) groups excluding carboxylic acids is 1. The van der Waals surface area contributed by atoms with Crippen molar-refractivity contribution in [1.29, 1.82) is 0 Å². The Kier molecular flexibility index (Phi) is 4.04. The third kappa shape index (κ3) is 3.08. The molecule has 0 aromatic carbocycles. The number of aromatic nitrogens is 2. The van der Waals surface area contributed by atoms with Gasteiger partial charge in [-0.05, 0) is 6.42 Å². The highest BCUT2D eigenvalue weighted by atomic mass is 16.4. The molecule has 0 aliphatic carbocycles. The van der Waals surface area contributed by atoms with Crippen molar-refractivity contribution in [2.45, 2.75) is 32.9 Å². The van der Waals surface area contributed by atoms with Crippen LogP contribution in [0.3, 0.4) is 0 Å². The highest BCUT2D eigenvalue weighted by Crippen LogP contribution is 2.12. The van der Waals surface area contributed by atoms with Gasteiger partial charge in [-0.1, -0.05) is 6.92 Å². The number of hydrogen-bond donors (Lipinski definition) is 2. The summed E-state index contributed by atoms with van der Waals surface area (Å²) < 4.78 is 1.66. The van der Waals surface area contributed by atoms with Crippen LogP contribution in [-0.4, -0.2) is 26.8 Å². The topological polar surface area (TPSA) is 84.2 Å². The molecule has 0 saturated carbocycles. The first kappa shape index (κ1) is 12.2. The smallest absolute Gasteiger partial charge is 0.331 e. The first-order valence-corrected chi connectivity index (χ1v) is 5.06. The van der Waals surface area contributed by atoms with E-state index in [1.807, 2.05) is 6.92 Å². The standard InChI is InChI=1S/C10H15N3O3/c1-3-4-13-6-8(5-11-13)9(10(15)16)12-7(2)14/h5-6,9H,3-4H2,1-2H3,(H,12,14)(H,15,16). The van der Waals surface area contributed by atoms with Gasteiger partial charge in [-0.3, -0.25) is 9.48 Å². The SMILES string of the molecule is CCCn1cc(C(NC(C)=O)C(=O)O)cn1. The fourth-order valence-electron chi connectivity index (χ4n) is 1.37. The van der Waals surface area contributed by atoms with Crippen molar-refractivity contribution in [3.8, 4) is 0 Å². The first-order valence-electron chi connectivity index (χ1n) is 5.06. The van der Waals surface area contributed by atoms with Crippen molar-refractivity contribution in [2.24, 2.45) is 0 Å². The maximum absolute atomic E-state index is 11.0. The molecule has 0 saturated heterocycles. The van der Waals surface area contributed by atoms with Crippen LogP contribution in [0.15, 0.2) is 12.4 Å². The summed E-state index contributed by atoms with van der Waals surface area (Å²) in [4.78, 5) is 21.8. The Morgan fingerprint density at radius 1 is 1.62 bits per heavy atom. The number of nitrogens with zero attached hydrogens (tertiary/aromatic N) is 2. The minimum Gasteiger partial charge on any atom is -0.479 e. The molecule has 1 heterocycles. The van der Waals surface area contributed by atoms with E-state index in [1.54, 1.807) is 10.9 Å². The third-order valence-electron chi connectivity index (χ3n) is 2.03. The van der Waals surface area contributed by atoms with Crippen molar-refractivity contribution in [2.75, 3.05) is 0 Å². The summed E-state index contributed by atoms with van der Waals surface area (Å²) in [5, 5.41) is 15.3. The molecule has 6 nitrogen and oxygen atoms in total. The number of carboxylic acid groups (broad SMARTS) is 1. The Labute approximate surface area is 93.3 Å². The van der Waals surface area contributed by atoms with Crippen LogP contribution >= 0.6 is 0 Å². The zero-order valence-corrected chi connectivity index (χ0v) is 9.30. The Bertz CT molecular complexity index is 386. The van der Waals surface area contributed by atoms with Gasteiger partial charge in [0.25, 0.3) is 0 Å². The molecule has 0 spiro atoms. The normalized spacial score (nSPS) is 12.1. The maximum atomic E-state index is 11.0. The van der Waals surface area contributed by atoms with Gasteiger partial charge < -0.3 is 10.4 Å². The van der Waals surface area contributed by atoms with Gasteiger partial charge in [-0.2, -0.15) is 5.10 Å². The van der Waals surface area contributed by atoms with Gasteiger partial charge in [0.05, 0.1) is 6.20 Å². The van der Waals surface area contributed by atoms with E-state index in [-0.39, 0.29) is 5.91 Å². The summed E-state index contributed by atoms with van der Waals surface area (Å²) in [6.07, 6.45) is 4.02. The quantitative estimate of drug-likeness (QED) is 0.766. The van der Waals surface area contributed by atoms with E-state index >= 15 is 0 Å². The zero-order valence-electron chi connectivity index (χ0n) is 9.30. The van der Waals surface area contributed by atoms with Crippen LogP contribution in [0.2, 0.25) is 0 Å². The van der Waals surface area contributed by atoms with Crippen molar-refractivity contribution in [1.82, 2.24) is 15.1 Å². The summed E-state index contributed by atoms with van der Waals surface area (Å²) in [5.74, 6) is -1.47. The van der Waals surface area contributed by atoms with Crippen LogP contribution in [0.25, 0.3) is 0 Å². The number of carbonyl (C=O) groups is 2. The monoisotopic (exact) mass is 225 g/mol. The summed E-state index contributed by atoms with van der Waals surface area (Å²) in [7, 11) is 0. The second-order valence-electron chi connectivity index (χ2n) is 3.51. The minimum absolute atomic E-state index is 0.379. The minimum atomic E-state index is -1.09. The summed E-state index contributed by atoms with van der Waals surface area (Å²) in [5.41, 5.74) is 0.483. The predicted molar refractivity (Wildman–Crippen MR) is 56.7 cm³/mol. The van der Waals surface area contributed by atoms with E-state index in [4.69, 9.17) is 5.11 Å². The lowest BCUT2D eigenvalue weighted by molar-refractivity contribution is -0.141. The number of hydrogen-bond acceptors (Lipinski definition) is 3.